The Labute approximate surface area is 116 Å². The van der Waals surface area contributed by atoms with Crippen LogP contribution in [0.3, 0.4) is 0 Å². The van der Waals surface area contributed by atoms with Crippen molar-refractivity contribution in [1.82, 2.24) is 10.3 Å². The van der Waals surface area contributed by atoms with Crippen LogP contribution in [0.5, 0.6) is 0 Å². The molecular weight excluding hydrogens is 240 g/mol. The van der Waals surface area contributed by atoms with Crippen molar-refractivity contribution < 1.29 is 0 Å². The summed E-state index contributed by atoms with van der Waals surface area (Å²) in [5.41, 5.74) is 2.57. The third kappa shape index (κ3) is 4.99. The van der Waals surface area contributed by atoms with Crippen molar-refractivity contribution in [2.75, 3.05) is 6.54 Å². The SMILES string of the molecule is CCCNCc1cnc(SC(C)C(C)C)c(C)c1. The maximum Gasteiger partial charge on any atom is 0.0991 e. The molecule has 1 atom stereocenters. The Morgan fingerprint density at radius 1 is 1.33 bits per heavy atom. The van der Waals surface area contributed by atoms with Gasteiger partial charge in [-0.1, -0.05) is 33.8 Å². The molecule has 0 saturated carbocycles. The second-order valence-corrected chi connectivity index (χ2v) is 6.58. The summed E-state index contributed by atoms with van der Waals surface area (Å²) in [7, 11) is 0. The van der Waals surface area contributed by atoms with Gasteiger partial charge in [0.2, 0.25) is 0 Å². The fourth-order valence-corrected chi connectivity index (χ4v) is 2.54. The first kappa shape index (κ1) is 15.5. The Kier molecular flexibility index (Phi) is 6.72. The van der Waals surface area contributed by atoms with Crippen molar-refractivity contribution in [2.45, 2.75) is 57.9 Å². The molecule has 0 aromatic carbocycles. The molecule has 0 spiro atoms. The van der Waals surface area contributed by atoms with Crippen molar-refractivity contribution >= 4 is 11.8 Å². The first-order valence-corrected chi connectivity index (χ1v) is 7.75. The van der Waals surface area contributed by atoms with Crippen LogP contribution >= 0.6 is 11.8 Å². The first-order valence-electron chi connectivity index (χ1n) is 6.87. The average molecular weight is 266 g/mol. The third-order valence-corrected chi connectivity index (χ3v) is 4.65. The number of nitrogens with one attached hydrogen (secondary N) is 1. The summed E-state index contributed by atoms with van der Waals surface area (Å²) in [5, 5.41) is 5.20. The van der Waals surface area contributed by atoms with Gasteiger partial charge >= 0.3 is 0 Å². The van der Waals surface area contributed by atoms with E-state index in [-0.39, 0.29) is 0 Å². The van der Waals surface area contributed by atoms with Gasteiger partial charge in [-0.3, -0.25) is 0 Å². The smallest absolute Gasteiger partial charge is 0.0991 e. The standard InChI is InChI=1S/C15H26N2S/c1-6-7-16-9-14-8-12(4)15(17-10-14)18-13(5)11(2)3/h8,10-11,13,16H,6-7,9H2,1-5H3. The highest BCUT2D eigenvalue weighted by Gasteiger charge is 2.11. The van der Waals surface area contributed by atoms with Crippen LogP contribution in [0.1, 0.15) is 45.2 Å². The van der Waals surface area contributed by atoms with Crippen LogP contribution in [0.2, 0.25) is 0 Å². The molecule has 1 heterocycles. The predicted octanol–water partition coefficient (Wildman–Crippen LogP) is 4.03. The largest absolute Gasteiger partial charge is 0.313 e. The molecule has 0 saturated heterocycles. The molecule has 0 fully saturated rings. The molecule has 0 radical (unpaired) electrons. The van der Waals surface area contributed by atoms with E-state index in [9.17, 15) is 0 Å². The zero-order chi connectivity index (χ0) is 13.5. The molecule has 1 aromatic rings. The Hall–Kier alpha value is -0.540. The lowest BCUT2D eigenvalue weighted by Crippen LogP contribution is -2.14. The van der Waals surface area contributed by atoms with Crippen molar-refractivity contribution in [3.8, 4) is 0 Å². The minimum Gasteiger partial charge on any atom is -0.313 e. The van der Waals surface area contributed by atoms with E-state index in [0.717, 1.165) is 13.1 Å². The Morgan fingerprint density at radius 2 is 2.06 bits per heavy atom. The molecule has 1 N–H and O–H groups in total. The normalized spacial score (nSPS) is 13.0. The van der Waals surface area contributed by atoms with Gasteiger partial charge in [-0.15, -0.1) is 11.8 Å². The van der Waals surface area contributed by atoms with E-state index >= 15 is 0 Å². The van der Waals surface area contributed by atoms with Crippen LogP contribution in [-0.4, -0.2) is 16.8 Å². The van der Waals surface area contributed by atoms with Crippen LogP contribution in [0.15, 0.2) is 17.3 Å². The molecule has 1 unspecified atom stereocenters. The van der Waals surface area contributed by atoms with E-state index in [1.807, 2.05) is 18.0 Å². The first-order chi connectivity index (χ1) is 8.54. The van der Waals surface area contributed by atoms with E-state index in [4.69, 9.17) is 0 Å². The average Bonchev–Trinajstić information content (AvgIpc) is 2.32. The molecule has 1 rings (SSSR count). The molecule has 1 aromatic heterocycles. The lowest BCUT2D eigenvalue weighted by molar-refractivity contribution is 0.641. The summed E-state index contributed by atoms with van der Waals surface area (Å²) in [6, 6.07) is 2.26. The molecule has 0 bridgehead atoms. The maximum atomic E-state index is 4.60. The van der Waals surface area contributed by atoms with Crippen LogP contribution < -0.4 is 5.32 Å². The summed E-state index contributed by atoms with van der Waals surface area (Å²) >= 11 is 1.88. The van der Waals surface area contributed by atoms with Gasteiger partial charge in [0.15, 0.2) is 0 Å². The number of pyridine rings is 1. The van der Waals surface area contributed by atoms with E-state index in [0.29, 0.717) is 11.2 Å². The van der Waals surface area contributed by atoms with Gasteiger partial charge in [0.05, 0.1) is 5.03 Å². The zero-order valence-electron chi connectivity index (χ0n) is 12.3. The number of hydrogen-bond acceptors (Lipinski definition) is 3. The topological polar surface area (TPSA) is 24.9 Å². The Bertz CT molecular complexity index is 364. The highest BCUT2D eigenvalue weighted by atomic mass is 32.2. The van der Waals surface area contributed by atoms with Gasteiger partial charge in [0.25, 0.3) is 0 Å². The van der Waals surface area contributed by atoms with Gasteiger partial charge in [-0.2, -0.15) is 0 Å². The van der Waals surface area contributed by atoms with Gasteiger partial charge in [0.1, 0.15) is 0 Å². The van der Waals surface area contributed by atoms with Crippen molar-refractivity contribution in [3.63, 3.8) is 0 Å². The number of aromatic nitrogens is 1. The van der Waals surface area contributed by atoms with Crippen LogP contribution in [0, 0.1) is 12.8 Å². The van der Waals surface area contributed by atoms with Crippen molar-refractivity contribution in [2.24, 2.45) is 5.92 Å². The lowest BCUT2D eigenvalue weighted by atomic mass is 10.2. The summed E-state index contributed by atoms with van der Waals surface area (Å²) in [6.45, 7) is 13.1. The fourth-order valence-electron chi connectivity index (χ4n) is 1.56. The van der Waals surface area contributed by atoms with Gasteiger partial charge in [0, 0.05) is 18.0 Å². The minimum atomic E-state index is 0.611. The molecule has 0 aliphatic rings. The van der Waals surface area contributed by atoms with Crippen LogP contribution in [0.4, 0.5) is 0 Å². The molecule has 102 valence electrons. The maximum absolute atomic E-state index is 4.60. The minimum absolute atomic E-state index is 0.611. The number of nitrogens with zero attached hydrogens (tertiary/aromatic N) is 1. The van der Waals surface area contributed by atoms with Gasteiger partial charge in [-0.05, 0) is 36.9 Å². The summed E-state index contributed by atoms with van der Waals surface area (Å²) < 4.78 is 0. The fraction of sp³-hybridized carbons (Fsp3) is 0.667. The highest BCUT2D eigenvalue weighted by molar-refractivity contribution is 7.99. The van der Waals surface area contributed by atoms with Crippen LogP contribution in [0.25, 0.3) is 0 Å². The summed E-state index contributed by atoms with van der Waals surface area (Å²) in [6.07, 6.45) is 3.18. The molecule has 0 amide bonds. The van der Waals surface area contributed by atoms with Crippen molar-refractivity contribution in [3.05, 3.63) is 23.4 Å². The third-order valence-electron chi connectivity index (χ3n) is 3.08. The zero-order valence-corrected chi connectivity index (χ0v) is 13.1. The molecule has 2 nitrogen and oxygen atoms in total. The van der Waals surface area contributed by atoms with Crippen LogP contribution in [-0.2, 0) is 6.54 Å². The lowest BCUT2D eigenvalue weighted by Gasteiger charge is -2.16. The van der Waals surface area contributed by atoms with Gasteiger partial charge in [-0.25, -0.2) is 4.98 Å². The number of rotatable bonds is 7. The van der Waals surface area contributed by atoms with Gasteiger partial charge < -0.3 is 5.32 Å². The van der Waals surface area contributed by atoms with E-state index < -0.39 is 0 Å². The number of hydrogen-bond donors (Lipinski definition) is 1. The number of aryl methyl sites for hydroxylation is 1. The molecule has 18 heavy (non-hydrogen) atoms. The number of thioether (sulfide) groups is 1. The predicted molar refractivity (Wildman–Crippen MR) is 81.1 cm³/mol. The molecule has 0 aliphatic heterocycles. The monoisotopic (exact) mass is 266 g/mol. The quantitative estimate of drug-likeness (QED) is 0.596. The van der Waals surface area contributed by atoms with E-state index in [2.05, 4.69) is 51.0 Å². The Balaban J connectivity index is 2.62. The molecule has 3 heteroatoms. The molecule has 0 aliphatic carbocycles. The second-order valence-electron chi connectivity index (χ2n) is 5.21. The van der Waals surface area contributed by atoms with E-state index in [1.165, 1.54) is 22.6 Å². The highest BCUT2D eigenvalue weighted by Crippen LogP contribution is 2.28. The van der Waals surface area contributed by atoms with Crippen molar-refractivity contribution in [1.29, 1.82) is 0 Å². The second kappa shape index (κ2) is 7.80. The summed E-state index contributed by atoms with van der Waals surface area (Å²) in [5.74, 6) is 0.682. The summed E-state index contributed by atoms with van der Waals surface area (Å²) in [4.78, 5) is 4.60. The Morgan fingerprint density at radius 3 is 2.61 bits per heavy atom. The molecular formula is C15H26N2S. The van der Waals surface area contributed by atoms with E-state index in [1.54, 1.807) is 0 Å².